The van der Waals surface area contributed by atoms with Gasteiger partial charge in [-0.1, -0.05) is 0 Å². The van der Waals surface area contributed by atoms with Crippen LogP contribution in [0.1, 0.15) is 25.0 Å². The lowest BCUT2D eigenvalue weighted by Gasteiger charge is -2.36. The first-order chi connectivity index (χ1) is 10.4. The van der Waals surface area contributed by atoms with E-state index in [0.29, 0.717) is 17.6 Å². The van der Waals surface area contributed by atoms with Crippen molar-refractivity contribution in [1.82, 2.24) is 0 Å². The van der Waals surface area contributed by atoms with Crippen molar-refractivity contribution in [1.29, 1.82) is 0 Å². The summed E-state index contributed by atoms with van der Waals surface area (Å²) in [4.78, 5) is 12.5. The Bertz CT molecular complexity index is 488. The van der Waals surface area contributed by atoms with Gasteiger partial charge >= 0.3 is 0 Å². The molecule has 0 fully saturated rings. The molecule has 0 aliphatic carbocycles. The molecule has 22 heavy (non-hydrogen) atoms. The van der Waals surface area contributed by atoms with Crippen LogP contribution in [-0.2, 0) is 9.53 Å². The van der Waals surface area contributed by atoms with Crippen LogP contribution in [-0.4, -0.2) is 55.4 Å². The molecule has 2 N–H and O–H groups in total. The van der Waals surface area contributed by atoms with E-state index >= 15 is 0 Å². The van der Waals surface area contributed by atoms with Crippen molar-refractivity contribution in [2.45, 2.75) is 27.7 Å². The van der Waals surface area contributed by atoms with Crippen molar-refractivity contribution in [2.75, 3.05) is 45.2 Å². The van der Waals surface area contributed by atoms with Crippen LogP contribution in [0.25, 0.3) is 0 Å². The number of benzene rings is 1. The first-order valence-corrected chi connectivity index (χ1v) is 7.81. The molecule has 1 aromatic carbocycles. The number of hydrogen-bond donors (Lipinski definition) is 2. The number of aryl methyl sites for hydroxylation is 2. The van der Waals surface area contributed by atoms with E-state index in [1.54, 1.807) is 19.2 Å². The zero-order valence-corrected chi connectivity index (χ0v) is 14.4. The normalized spacial score (nSPS) is 11.5. The molecule has 124 valence electrons. The molecule has 0 atom stereocenters. The lowest BCUT2D eigenvalue weighted by atomic mass is 10.1. The Labute approximate surface area is 133 Å². The van der Waals surface area contributed by atoms with Crippen LogP contribution in [0.3, 0.4) is 0 Å². The minimum absolute atomic E-state index is 0.00306. The maximum atomic E-state index is 12.5. The second-order valence-corrected chi connectivity index (χ2v) is 5.85. The molecule has 1 amide bonds. The van der Waals surface area contributed by atoms with E-state index in [2.05, 4.69) is 19.2 Å². The van der Waals surface area contributed by atoms with Crippen LogP contribution in [0.5, 0.6) is 5.75 Å². The molecule has 0 spiro atoms. The molecule has 5 heteroatoms. The van der Waals surface area contributed by atoms with Crippen molar-refractivity contribution in [3.8, 4) is 5.75 Å². The Morgan fingerprint density at radius 1 is 1.23 bits per heavy atom. The topological polar surface area (TPSA) is 58.6 Å². The van der Waals surface area contributed by atoms with E-state index in [9.17, 15) is 9.90 Å². The van der Waals surface area contributed by atoms with Crippen LogP contribution < -0.4 is 5.32 Å². The molecule has 5 nitrogen and oxygen atoms in total. The third-order valence-electron chi connectivity index (χ3n) is 4.37. The number of carbonyl (C=O) groups is 1. The molecule has 0 saturated heterocycles. The largest absolute Gasteiger partial charge is 0.508 e. The van der Waals surface area contributed by atoms with Gasteiger partial charge in [-0.15, -0.1) is 0 Å². The minimum Gasteiger partial charge on any atom is -0.508 e. The summed E-state index contributed by atoms with van der Waals surface area (Å²) < 4.78 is 5.88. The standard InChI is InChI=1S/C17H28N2O3/c1-6-19(7-2,8-9-22-5)12-16(21)18-17-13(3)10-15(20)11-14(17)4/h10-11H,6-9,12H2,1-5H3,(H-,18,20,21)/p+1. The van der Waals surface area contributed by atoms with E-state index in [4.69, 9.17) is 4.74 Å². The SMILES string of the molecule is CC[N+](CC)(CCOC)CC(=O)Nc1c(C)cc(O)cc1C. The minimum atomic E-state index is -0.00306. The van der Waals surface area contributed by atoms with Gasteiger partial charge in [-0.2, -0.15) is 0 Å². The number of rotatable bonds is 8. The monoisotopic (exact) mass is 309 g/mol. The van der Waals surface area contributed by atoms with Gasteiger partial charge in [0.05, 0.1) is 19.7 Å². The lowest BCUT2D eigenvalue weighted by Crippen LogP contribution is -2.53. The molecule has 1 aromatic rings. The average Bonchev–Trinajstić information content (AvgIpc) is 2.47. The fraction of sp³-hybridized carbons (Fsp3) is 0.588. The van der Waals surface area contributed by atoms with E-state index in [1.165, 1.54) is 0 Å². The van der Waals surface area contributed by atoms with Crippen molar-refractivity contribution in [2.24, 2.45) is 0 Å². The summed E-state index contributed by atoms with van der Waals surface area (Å²) in [7, 11) is 1.68. The maximum absolute atomic E-state index is 12.5. The van der Waals surface area contributed by atoms with Gasteiger partial charge in [0.2, 0.25) is 0 Å². The van der Waals surface area contributed by atoms with Gasteiger partial charge < -0.3 is 19.6 Å². The molecule has 0 aliphatic heterocycles. The molecule has 0 saturated carbocycles. The molecule has 0 radical (unpaired) electrons. The summed E-state index contributed by atoms with van der Waals surface area (Å²) in [5.74, 6) is 0.219. The highest BCUT2D eigenvalue weighted by atomic mass is 16.5. The van der Waals surface area contributed by atoms with Crippen molar-refractivity contribution in [3.05, 3.63) is 23.3 Å². The fourth-order valence-electron chi connectivity index (χ4n) is 2.75. The summed E-state index contributed by atoms with van der Waals surface area (Å²) in [6, 6.07) is 3.32. The second-order valence-electron chi connectivity index (χ2n) is 5.85. The smallest absolute Gasteiger partial charge is 0.279 e. The first kappa shape index (κ1) is 18.5. The highest BCUT2D eigenvalue weighted by Crippen LogP contribution is 2.25. The van der Waals surface area contributed by atoms with Gasteiger partial charge in [-0.25, -0.2) is 0 Å². The quantitative estimate of drug-likeness (QED) is 0.573. The van der Waals surface area contributed by atoms with Crippen molar-refractivity contribution < 1.29 is 19.1 Å². The Kier molecular flexibility index (Phi) is 6.84. The second kappa shape index (κ2) is 8.15. The number of carbonyl (C=O) groups excluding carboxylic acids is 1. The molecule has 1 rings (SSSR count). The number of hydrogen-bond acceptors (Lipinski definition) is 3. The van der Waals surface area contributed by atoms with Crippen LogP contribution in [0.15, 0.2) is 12.1 Å². The highest BCUT2D eigenvalue weighted by Gasteiger charge is 2.27. The van der Waals surface area contributed by atoms with E-state index < -0.39 is 0 Å². The number of amides is 1. The third kappa shape index (κ3) is 4.71. The highest BCUT2D eigenvalue weighted by molar-refractivity contribution is 5.93. The molecule has 0 heterocycles. The van der Waals surface area contributed by atoms with E-state index in [0.717, 1.165) is 36.4 Å². The maximum Gasteiger partial charge on any atom is 0.279 e. The number of aromatic hydroxyl groups is 1. The predicted molar refractivity (Wildman–Crippen MR) is 89.2 cm³/mol. The van der Waals surface area contributed by atoms with E-state index in [-0.39, 0.29) is 11.7 Å². The number of nitrogens with one attached hydrogen (secondary N) is 1. The summed E-state index contributed by atoms with van der Waals surface area (Å²) in [5.41, 5.74) is 2.53. The number of phenolic OH excluding ortho intramolecular Hbond substituents is 1. The van der Waals surface area contributed by atoms with Gasteiger partial charge in [-0.05, 0) is 51.0 Å². The van der Waals surface area contributed by atoms with Gasteiger partial charge in [-0.3, -0.25) is 4.79 Å². The van der Waals surface area contributed by atoms with Gasteiger partial charge in [0.25, 0.3) is 5.91 Å². The van der Waals surface area contributed by atoms with Crippen LogP contribution >= 0.6 is 0 Å². The van der Waals surface area contributed by atoms with Crippen molar-refractivity contribution in [3.63, 3.8) is 0 Å². The zero-order chi connectivity index (χ0) is 16.8. The number of nitrogens with zero attached hydrogens (tertiary/aromatic N) is 1. The molecule has 0 bridgehead atoms. The Hall–Kier alpha value is -1.59. The summed E-state index contributed by atoms with van der Waals surface area (Å²) in [5, 5.41) is 12.6. The molecule has 0 aliphatic rings. The number of ether oxygens (including phenoxy) is 1. The Balaban J connectivity index is 2.84. The summed E-state index contributed by atoms with van der Waals surface area (Å²) in [6.07, 6.45) is 0. The molecular formula is C17H29N2O3+. The number of quaternary nitrogens is 1. The average molecular weight is 309 g/mol. The Morgan fingerprint density at radius 3 is 2.23 bits per heavy atom. The molecule has 0 unspecified atom stereocenters. The predicted octanol–water partition coefficient (Wildman–Crippen LogP) is 2.45. The third-order valence-corrected chi connectivity index (χ3v) is 4.37. The number of anilines is 1. The molecule has 0 aromatic heterocycles. The van der Waals surface area contributed by atoms with E-state index in [1.807, 2.05) is 13.8 Å². The van der Waals surface area contributed by atoms with Gasteiger partial charge in [0, 0.05) is 12.8 Å². The fourth-order valence-corrected chi connectivity index (χ4v) is 2.75. The van der Waals surface area contributed by atoms with Crippen LogP contribution in [0.4, 0.5) is 5.69 Å². The number of likely N-dealkylation sites (N-methyl/N-ethyl adjacent to an activating group) is 1. The number of phenols is 1. The van der Waals surface area contributed by atoms with Gasteiger partial charge in [0.15, 0.2) is 6.54 Å². The summed E-state index contributed by atoms with van der Waals surface area (Å²) >= 11 is 0. The van der Waals surface area contributed by atoms with Crippen LogP contribution in [0, 0.1) is 13.8 Å². The molecular weight excluding hydrogens is 280 g/mol. The summed E-state index contributed by atoms with van der Waals surface area (Å²) in [6.45, 7) is 11.6. The number of methoxy groups -OCH3 is 1. The Morgan fingerprint density at radius 2 is 1.77 bits per heavy atom. The van der Waals surface area contributed by atoms with Crippen molar-refractivity contribution >= 4 is 11.6 Å². The van der Waals surface area contributed by atoms with Gasteiger partial charge in [0.1, 0.15) is 12.3 Å². The first-order valence-electron chi connectivity index (χ1n) is 7.81. The van der Waals surface area contributed by atoms with Crippen LogP contribution in [0.2, 0.25) is 0 Å². The lowest BCUT2D eigenvalue weighted by molar-refractivity contribution is -0.917. The zero-order valence-electron chi connectivity index (χ0n) is 14.4.